The standard InChI is InChI=1S/C16H23N3O3/c1-12(2)8-19-4-5-21-14(10-19)11-22-16(20)15-6-13(7-17)9-18(15)3/h6,9,12,14H,4-5,8,10-11H2,1-3H3/t14-/m1/s1. The van der Waals surface area contributed by atoms with Gasteiger partial charge < -0.3 is 14.0 Å². The van der Waals surface area contributed by atoms with Crippen LogP contribution in [-0.4, -0.2) is 54.4 Å². The molecule has 0 aliphatic carbocycles. The summed E-state index contributed by atoms with van der Waals surface area (Å²) in [5.41, 5.74) is 0.831. The summed E-state index contributed by atoms with van der Waals surface area (Å²) in [6.45, 7) is 8.00. The Morgan fingerprint density at radius 1 is 1.59 bits per heavy atom. The molecule has 120 valence electrons. The van der Waals surface area contributed by atoms with Gasteiger partial charge in [-0.25, -0.2) is 4.79 Å². The highest BCUT2D eigenvalue weighted by Crippen LogP contribution is 2.11. The van der Waals surface area contributed by atoms with Crippen molar-refractivity contribution < 1.29 is 14.3 Å². The maximum absolute atomic E-state index is 12.1. The van der Waals surface area contributed by atoms with Crippen LogP contribution in [0.5, 0.6) is 0 Å². The average Bonchev–Trinajstić information content (AvgIpc) is 2.86. The summed E-state index contributed by atoms with van der Waals surface area (Å²) in [5, 5.41) is 8.85. The van der Waals surface area contributed by atoms with Crippen LogP contribution < -0.4 is 0 Å². The van der Waals surface area contributed by atoms with Gasteiger partial charge >= 0.3 is 5.97 Å². The van der Waals surface area contributed by atoms with Crippen molar-refractivity contribution in [3.8, 4) is 6.07 Å². The second-order valence-electron chi connectivity index (χ2n) is 6.08. The lowest BCUT2D eigenvalue weighted by molar-refractivity contribution is -0.0614. The Bertz CT molecular complexity index is 559. The van der Waals surface area contributed by atoms with E-state index >= 15 is 0 Å². The average molecular weight is 305 g/mol. The van der Waals surface area contributed by atoms with Gasteiger partial charge in [0, 0.05) is 32.9 Å². The Balaban J connectivity index is 1.85. The first-order valence-electron chi connectivity index (χ1n) is 7.57. The van der Waals surface area contributed by atoms with E-state index in [4.69, 9.17) is 14.7 Å². The van der Waals surface area contributed by atoms with E-state index in [-0.39, 0.29) is 12.7 Å². The van der Waals surface area contributed by atoms with Gasteiger partial charge in [0.15, 0.2) is 0 Å². The molecule has 6 nitrogen and oxygen atoms in total. The van der Waals surface area contributed by atoms with E-state index in [2.05, 4.69) is 18.7 Å². The van der Waals surface area contributed by atoms with Gasteiger partial charge in [0.25, 0.3) is 0 Å². The van der Waals surface area contributed by atoms with Gasteiger partial charge in [-0.1, -0.05) is 13.8 Å². The van der Waals surface area contributed by atoms with E-state index in [1.807, 2.05) is 6.07 Å². The van der Waals surface area contributed by atoms with Crippen LogP contribution in [0.3, 0.4) is 0 Å². The number of esters is 1. The molecule has 2 heterocycles. The number of ether oxygens (including phenoxy) is 2. The van der Waals surface area contributed by atoms with Gasteiger partial charge in [-0.15, -0.1) is 0 Å². The maximum atomic E-state index is 12.1. The third-order valence-corrected chi connectivity index (χ3v) is 3.59. The lowest BCUT2D eigenvalue weighted by Gasteiger charge is -2.33. The molecule has 0 amide bonds. The van der Waals surface area contributed by atoms with Crippen molar-refractivity contribution in [3.63, 3.8) is 0 Å². The van der Waals surface area contributed by atoms with Gasteiger partial charge in [0.1, 0.15) is 24.5 Å². The van der Waals surface area contributed by atoms with Crippen molar-refractivity contribution in [3.05, 3.63) is 23.5 Å². The van der Waals surface area contributed by atoms with E-state index in [1.54, 1.807) is 17.8 Å². The van der Waals surface area contributed by atoms with Crippen molar-refractivity contribution >= 4 is 5.97 Å². The predicted molar refractivity (Wildman–Crippen MR) is 81.4 cm³/mol. The highest BCUT2D eigenvalue weighted by Gasteiger charge is 2.23. The lowest BCUT2D eigenvalue weighted by Crippen LogP contribution is -2.45. The van der Waals surface area contributed by atoms with Gasteiger partial charge in [-0.3, -0.25) is 4.90 Å². The lowest BCUT2D eigenvalue weighted by atomic mass is 10.2. The summed E-state index contributed by atoms with van der Waals surface area (Å²) in [7, 11) is 1.72. The molecule has 0 saturated carbocycles. The topological polar surface area (TPSA) is 67.5 Å². The minimum Gasteiger partial charge on any atom is -0.458 e. The number of carbonyl (C=O) groups excluding carboxylic acids is 1. The van der Waals surface area contributed by atoms with Gasteiger partial charge in [-0.05, 0) is 12.0 Å². The smallest absolute Gasteiger partial charge is 0.355 e. The predicted octanol–water partition coefficient (Wildman–Crippen LogP) is 1.41. The second-order valence-corrected chi connectivity index (χ2v) is 6.08. The molecule has 6 heteroatoms. The summed E-state index contributed by atoms with van der Waals surface area (Å²) in [4.78, 5) is 14.4. The maximum Gasteiger partial charge on any atom is 0.355 e. The fraction of sp³-hybridized carbons (Fsp3) is 0.625. The largest absolute Gasteiger partial charge is 0.458 e. The van der Waals surface area contributed by atoms with Crippen LogP contribution in [0, 0.1) is 17.2 Å². The molecular formula is C16H23N3O3. The number of nitrogens with zero attached hydrogens (tertiary/aromatic N) is 3. The molecule has 2 rings (SSSR count). The third kappa shape index (κ3) is 4.33. The molecule has 1 atom stereocenters. The molecule has 1 aliphatic rings. The second kappa shape index (κ2) is 7.43. The molecule has 1 saturated heterocycles. The molecule has 0 N–H and O–H groups in total. The van der Waals surface area contributed by atoms with Crippen molar-refractivity contribution in [2.75, 3.05) is 32.8 Å². The third-order valence-electron chi connectivity index (χ3n) is 3.59. The van der Waals surface area contributed by atoms with E-state index in [9.17, 15) is 4.79 Å². The number of aryl methyl sites for hydroxylation is 1. The van der Waals surface area contributed by atoms with E-state index in [0.29, 0.717) is 23.8 Å². The summed E-state index contributed by atoms with van der Waals surface area (Å²) >= 11 is 0. The number of nitriles is 1. The zero-order chi connectivity index (χ0) is 16.1. The summed E-state index contributed by atoms with van der Waals surface area (Å²) in [5.74, 6) is 0.183. The molecule has 1 aromatic rings. The molecule has 1 aliphatic heterocycles. The number of rotatable bonds is 5. The van der Waals surface area contributed by atoms with E-state index < -0.39 is 5.97 Å². The summed E-state index contributed by atoms with van der Waals surface area (Å²) in [6.07, 6.45) is 1.52. The monoisotopic (exact) mass is 305 g/mol. The molecule has 0 spiro atoms. The molecular weight excluding hydrogens is 282 g/mol. The van der Waals surface area contributed by atoms with Crippen molar-refractivity contribution in [2.45, 2.75) is 20.0 Å². The Morgan fingerprint density at radius 3 is 3.00 bits per heavy atom. The minimum atomic E-state index is -0.423. The first kappa shape index (κ1) is 16.5. The Morgan fingerprint density at radius 2 is 2.36 bits per heavy atom. The highest BCUT2D eigenvalue weighted by molar-refractivity contribution is 5.88. The van der Waals surface area contributed by atoms with Crippen LogP contribution in [-0.2, 0) is 16.5 Å². The van der Waals surface area contributed by atoms with E-state index in [1.165, 1.54) is 6.07 Å². The normalized spacial score (nSPS) is 19.1. The van der Waals surface area contributed by atoms with E-state index in [0.717, 1.165) is 19.6 Å². The van der Waals surface area contributed by atoms with Gasteiger partial charge in [0.2, 0.25) is 0 Å². The van der Waals surface area contributed by atoms with Gasteiger partial charge in [0.05, 0.1) is 12.2 Å². The fourth-order valence-electron chi connectivity index (χ4n) is 2.63. The van der Waals surface area contributed by atoms with Gasteiger partial charge in [-0.2, -0.15) is 5.26 Å². The zero-order valence-corrected chi connectivity index (χ0v) is 13.4. The van der Waals surface area contributed by atoms with Crippen molar-refractivity contribution in [1.29, 1.82) is 5.26 Å². The van der Waals surface area contributed by atoms with Crippen LogP contribution in [0.15, 0.2) is 12.3 Å². The Labute approximate surface area is 131 Å². The molecule has 0 radical (unpaired) electrons. The molecule has 1 fully saturated rings. The molecule has 1 aromatic heterocycles. The number of hydrogen-bond acceptors (Lipinski definition) is 5. The molecule has 0 aromatic carbocycles. The van der Waals surface area contributed by atoms with Crippen LogP contribution >= 0.6 is 0 Å². The zero-order valence-electron chi connectivity index (χ0n) is 13.4. The van der Waals surface area contributed by atoms with Crippen LogP contribution in [0.2, 0.25) is 0 Å². The highest BCUT2D eigenvalue weighted by atomic mass is 16.6. The summed E-state index contributed by atoms with van der Waals surface area (Å²) in [6, 6.07) is 3.55. The number of aromatic nitrogens is 1. The van der Waals surface area contributed by atoms with Crippen LogP contribution in [0.1, 0.15) is 29.9 Å². The Hall–Kier alpha value is -1.84. The Kier molecular flexibility index (Phi) is 5.58. The SMILES string of the molecule is CC(C)CN1CCO[C@@H](COC(=O)c2cc(C#N)cn2C)C1. The van der Waals surface area contributed by atoms with Crippen LogP contribution in [0.25, 0.3) is 0 Å². The first-order valence-corrected chi connectivity index (χ1v) is 7.57. The molecule has 0 unspecified atom stereocenters. The number of carbonyl (C=O) groups is 1. The fourth-order valence-corrected chi connectivity index (χ4v) is 2.63. The first-order chi connectivity index (χ1) is 10.5. The molecule has 0 bridgehead atoms. The van der Waals surface area contributed by atoms with Crippen molar-refractivity contribution in [2.24, 2.45) is 13.0 Å². The number of morpholine rings is 1. The number of hydrogen-bond donors (Lipinski definition) is 0. The van der Waals surface area contributed by atoms with Crippen LogP contribution in [0.4, 0.5) is 0 Å². The van der Waals surface area contributed by atoms with Crippen molar-refractivity contribution in [1.82, 2.24) is 9.47 Å². The minimum absolute atomic E-state index is 0.0906. The summed E-state index contributed by atoms with van der Waals surface area (Å²) < 4.78 is 12.6. The quantitative estimate of drug-likeness (QED) is 0.769. The molecule has 22 heavy (non-hydrogen) atoms.